The molecule has 8 heavy (non-hydrogen) atoms. The van der Waals surface area contributed by atoms with Gasteiger partial charge in [-0.15, -0.1) is 0 Å². The molecule has 0 fully saturated rings. The van der Waals surface area contributed by atoms with Gasteiger partial charge in [0.15, 0.2) is 16.1 Å². The third kappa shape index (κ3) is 2.28. The molecule has 1 unspecified atom stereocenters. The predicted octanol–water partition coefficient (Wildman–Crippen LogP) is -0.0197. The molecule has 0 aromatic rings. The number of ether oxygens (including phenoxy) is 1. The van der Waals surface area contributed by atoms with Gasteiger partial charge in [0.05, 0.1) is 0 Å². The molecule has 1 atom stereocenters. The average molecular weight is 138 g/mol. The standard InChI is InChI=1S/C4H10O3S/c1-3-4(7-2)8(5)6/h4,8H,3H2,1-2H3. The maximum Gasteiger partial charge on any atom is 0.167 e. The third-order valence-electron chi connectivity index (χ3n) is 0.856. The van der Waals surface area contributed by atoms with Gasteiger partial charge in [-0.2, -0.15) is 0 Å². The largest absolute Gasteiger partial charge is 0.366 e. The van der Waals surface area contributed by atoms with Crippen LogP contribution in [0, 0.1) is 0 Å². The molecular weight excluding hydrogens is 128 g/mol. The lowest BCUT2D eigenvalue weighted by Gasteiger charge is -2.01. The zero-order valence-electron chi connectivity index (χ0n) is 4.96. The van der Waals surface area contributed by atoms with Gasteiger partial charge in [-0.25, -0.2) is 8.42 Å². The molecule has 0 aromatic carbocycles. The average Bonchev–Trinajstić information content (AvgIpc) is 1.69. The Kier molecular flexibility index (Phi) is 3.81. The fourth-order valence-corrected chi connectivity index (χ4v) is 0.872. The summed E-state index contributed by atoms with van der Waals surface area (Å²) in [6, 6.07) is 0. The Balaban J connectivity index is 3.70. The smallest absolute Gasteiger partial charge is 0.167 e. The molecule has 4 heteroatoms. The summed E-state index contributed by atoms with van der Waals surface area (Å²) < 4.78 is 24.7. The van der Waals surface area contributed by atoms with Crippen molar-refractivity contribution in [2.24, 2.45) is 0 Å². The molecule has 0 radical (unpaired) electrons. The van der Waals surface area contributed by atoms with E-state index in [-0.39, 0.29) is 0 Å². The van der Waals surface area contributed by atoms with Gasteiger partial charge in [0.25, 0.3) is 0 Å². The first-order valence-electron chi connectivity index (χ1n) is 2.38. The van der Waals surface area contributed by atoms with Crippen LogP contribution in [0.4, 0.5) is 0 Å². The molecule has 0 aliphatic heterocycles. The maximum absolute atomic E-state index is 10.1. The monoisotopic (exact) mass is 138 g/mol. The Bertz CT molecular complexity index is 106. The minimum Gasteiger partial charge on any atom is -0.366 e. The van der Waals surface area contributed by atoms with E-state index in [0.717, 1.165) is 0 Å². The quantitative estimate of drug-likeness (QED) is 0.557. The first-order valence-corrected chi connectivity index (χ1v) is 3.63. The minimum atomic E-state index is -2.39. The summed E-state index contributed by atoms with van der Waals surface area (Å²) in [6.07, 6.45) is 0.523. The van der Waals surface area contributed by atoms with E-state index in [1.165, 1.54) is 7.11 Å². The molecule has 0 amide bonds. The summed E-state index contributed by atoms with van der Waals surface area (Å²) >= 11 is 0. The van der Waals surface area contributed by atoms with Gasteiger partial charge in [0.1, 0.15) is 0 Å². The van der Waals surface area contributed by atoms with Gasteiger partial charge in [0, 0.05) is 7.11 Å². The van der Waals surface area contributed by atoms with Crippen molar-refractivity contribution in [3.63, 3.8) is 0 Å². The van der Waals surface area contributed by atoms with Crippen LogP contribution in [-0.2, 0) is 15.4 Å². The topological polar surface area (TPSA) is 43.4 Å². The van der Waals surface area contributed by atoms with Crippen LogP contribution in [0.3, 0.4) is 0 Å². The minimum absolute atomic E-state index is 0.523. The molecule has 0 rings (SSSR count). The SMILES string of the molecule is CCC(OC)[SH](=O)=O. The van der Waals surface area contributed by atoms with Crippen LogP contribution in [0.2, 0.25) is 0 Å². The summed E-state index contributed by atoms with van der Waals surface area (Å²) in [5, 5.41) is 0. The number of methoxy groups -OCH3 is 1. The Hall–Kier alpha value is -0.0900. The van der Waals surface area contributed by atoms with Gasteiger partial charge in [0.2, 0.25) is 0 Å². The number of hydrogen-bond donors (Lipinski definition) is 1. The van der Waals surface area contributed by atoms with E-state index in [0.29, 0.717) is 6.42 Å². The van der Waals surface area contributed by atoms with E-state index in [9.17, 15) is 8.42 Å². The van der Waals surface area contributed by atoms with Crippen molar-refractivity contribution < 1.29 is 13.2 Å². The Morgan fingerprint density at radius 2 is 2.12 bits per heavy atom. The van der Waals surface area contributed by atoms with E-state index in [1.807, 2.05) is 0 Å². The second-order valence-corrected chi connectivity index (χ2v) is 2.53. The van der Waals surface area contributed by atoms with E-state index in [1.54, 1.807) is 6.92 Å². The van der Waals surface area contributed by atoms with Crippen molar-refractivity contribution in [1.29, 1.82) is 0 Å². The molecular formula is C4H10O3S. The van der Waals surface area contributed by atoms with E-state index < -0.39 is 16.1 Å². The predicted molar refractivity (Wildman–Crippen MR) is 31.4 cm³/mol. The van der Waals surface area contributed by atoms with Crippen LogP contribution in [0.15, 0.2) is 0 Å². The van der Waals surface area contributed by atoms with Crippen molar-refractivity contribution in [3.05, 3.63) is 0 Å². The molecule has 0 aliphatic rings. The highest BCUT2D eigenvalue weighted by Gasteiger charge is 2.03. The Labute approximate surface area is 50.6 Å². The van der Waals surface area contributed by atoms with Crippen LogP contribution in [0.1, 0.15) is 13.3 Å². The highest BCUT2D eigenvalue weighted by atomic mass is 32.2. The van der Waals surface area contributed by atoms with Crippen molar-refractivity contribution in [2.75, 3.05) is 7.11 Å². The third-order valence-corrected chi connectivity index (χ3v) is 1.90. The van der Waals surface area contributed by atoms with Gasteiger partial charge < -0.3 is 4.74 Å². The summed E-state index contributed by atoms with van der Waals surface area (Å²) in [7, 11) is -0.998. The number of thiol groups is 1. The summed E-state index contributed by atoms with van der Waals surface area (Å²) in [4.78, 5) is 0. The van der Waals surface area contributed by atoms with Gasteiger partial charge in [-0.3, -0.25) is 0 Å². The van der Waals surface area contributed by atoms with Crippen LogP contribution >= 0.6 is 0 Å². The van der Waals surface area contributed by atoms with Crippen molar-refractivity contribution >= 4 is 10.7 Å². The zero-order valence-corrected chi connectivity index (χ0v) is 5.85. The number of rotatable bonds is 3. The van der Waals surface area contributed by atoms with Crippen molar-refractivity contribution in [1.82, 2.24) is 0 Å². The van der Waals surface area contributed by atoms with E-state index >= 15 is 0 Å². The first-order chi connectivity index (χ1) is 3.72. The highest BCUT2D eigenvalue weighted by molar-refractivity contribution is 7.72. The van der Waals surface area contributed by atoms with Gasteiger partial charge in [-0.1, -0.05) is 6.92 Å². The molecule has 3 nitrogen and oxygen atoms in total. The van der Waals surface area contributed by atoms with Gasteiger partial charge in [-0.05, 0) is 6.42 Å². The molecule has 0 aliphatic carbocycles. The molecule has 0 saturated carbocycles. The van der Waals surface area contributed by atoms with Crippen molar-refractivity contribution in [2.45, 2.75) is 18.8 Å². The molecule has 0 saturated heterocycles. The summed E-state index contributed by atoms with van der Waals surface area (Å²) in [5.41, 5.74) is -0.593. The Morgan fingerprint density at radius 1 is 1.62 bits per heavy atom. The van der Waals surface area contributed by atoms with Gasteiger partial charge >= 0.3 is 0 Å². The maximum atomic E-state index is 10.1. The lowest BCUT2D eigenvalue weighted by molar-refractivity contribution is 0.163. The molecule has 0 bridgehead atoms. The van der Waals surface area contributed by atoms with E-state index in [2.05, 4.69) is 4.74 Å². The summed E-state index contributed by atoms with van der Waals surface area (Å²) in [6.45, 7) is 1.76. The zero-order chi connectivity index (χ0) is 6.57. The fraction of sp³-hybridized carbons (Fsp3) is 1.00. The normalized spacial score (nSPS) is 14.4. The second-order valence-electron chi connectivity index (χ2n) is 1.38. The lowest BCUT2D eigenvalue weighted by atomic mass is 10.5. The molecule has 0 aromatic heterocycles. The second kappa shape index (κ2) is 3.86. The van der Waals surface area contributed by atoms with Crippen LogP contribution in [-0.4, -0.2) is 21.0 Å². The Morgan fingerprint density at radius 3 is 2.12 bits per heavy atom. The fourth-order valence-electron chi connectivity index (χ4n) is 0.402. The molecule has 0 heterocycles. The van der Waals surface area contributed by atoms with Crippen molar-refractivity contribution in [3.8, 4) is 0 Å². The van der Waals surface area contributed by atoms with Crippen LogP contribution in [0.5, 0.6) is 0 Å². The van der Waals surface area contributed by atoms with Crippen LogP contribution < -0.4 is 0 Å². The summed E-state index contributed by atoms with van der Waals surface area (Å²) in [5.74, 6) is 0. The highest BCUT2D eigenvalue weighted by Crippen LogP contribution is 1.94. The van der Waals surface area contributed by atoms with Crippen LogP contribution in [0.25, 0.3) is 0 Å². The number of hydrogen-bond acceptors (Lipinski definition) is 3. The molecule has 0 N–H and O–H groups in total. The molecule has 50 valence electrons. The van der Waals surface area contributed by atoms with E-state index in [4.69, 9.17) is 0 Å². The lowest BCUT2D eigenvalue weighted by Crippen LogP contribution is -2.09. The first kappa shape index (κ1) is 7.91. The molecule has 0 spiro atoms.